The highest BCUT2D eigenvalue weighted by atomic mass is 16.5. The third kappa shape index (κ3) is 2.95. The van der Waals surface area contributed by atoms with Gasteiger partial charge < -0.3 is 19.6 Å². The molecule has 0 aliphatic carbocycles. The second-order valence-electron chi connectivity index (χ2n) is 5.94. The lowest BCUT2D eigenvalue weighted by Crippen LogP contribution is -2.24. The second kappa shape index (κ2) is 6.64. The summed E-state index contributed by atoms with van der Waals surface area (Å²) in [5, 5.41) is 5.29. The van der Waals surface area contributed by atoms with Crippen LogP contribution in [0.2, 0.25) is 0 Å². The molecule has 4 rings (SSSR count). The van der Waals surface area contributed by atoms with Crippen LogP contribution in [0.25, 0.3) is 28.1 Å². The van der Waals surface area contributed by atoms with Gasteiger partial charge in [0.1, 0.15) is 17.9 Å². The van der Waals surface area contributed by atoms with E-state index in [0.717, 1.165) is 5.39 Å². The number of nitrogens with zero attached hydrogens (tertiary/aromatic N) is 4. The summed E-state index contributed by atoms with van der Waals surface area (Å²) in [4.78, 5) is 8.63. The van der Waals surface area contributed by atoms with E-state index < -0.39 is 0 Å². The molecule has 4 aromatic rings. The van der Waals surface area contributed by atoms with E-state index in [0.29, 0.717) is 47.7 Å². The van der Waals surface area contributed by atoms with Gasteiger partial charge in [-0.05, 0) is 26.0 Å². The van der Waals surface area contributed by atoms with Gasteiger partial charge in [-0.2, -0.15) is 0 Å². The molecule has 1 atom stereocenters. The number of aromatic nitrogens is 4. The Morgan fingerprint density at radius 2 is 2.12 bits per heavy atom. The SMILES string of the molecule is CCOc1nccc2oc(-c3cnc4ccc(OC[C@@H](C)N)nn34)cc12. The Morgan fingerprint density at radius 3 is 2.92 bits per heavy atom. The topological polar surface area (TPSA) is 101 Å². The molecule has 8 heteroatoms. The highest BCUT2D eigenvalue weighted by Crippen LogP contribution is 2.32. The van der Waals surface area contributed by atoms with Gasteiger partial charge in [0.2, 0.25) is 11.8 Å². The van der Waals surface area contributed by atoms with Crippen LogP contribution in [0.1, 0.15) is 13.8 Å². The van der Waals surface area contributed by atoms with Crippen LogP contribution < -0.4 is 15.2 Å². The summed E-state index contributed by atoms with van der Waals surface area (Å²) >= 11 is 0. The van der Waals surface area contributed by atoms with Crippen LogP contribution in [-0.4, -0.2) is 38.8 Å². The van der Waals surface area contributed by atoms with Crippen molar-refractivity contribution in [3.63, 3.8) is 0 Å². The quantitative estimate of drug-likeness (QED) is 0.568. The number of furan rings is 1. The Balaban J connectivity index is 1.77. The first-order valence-electron chi connectivity index (χ1n) is 8.40. The van der Waals surface area contributed by atoms with E-state index in [2.05, 4.69) is 15.1 Å². The van der Waals surface area contributed by atoms with Gasteiger partial charge in [-0.3, -0.25) is 0 Å². The maximum Gasteiger partial charge on any atom is 0.231 e. The van der Waals surface area contributed by atoms with E-state index >= 15 is 0 Å². The number of hydrogen-bond donors (Lipinski definition) is 1. The zero-order chi connectivity index (χ0) is 18.1. The molecule has 8 nitrogen and oxygen atoms in total. The van der Waals surface area contributed by atoms with Crippen LogP contribution >= 0.6 is 0 Å². The van der Waals surface area contributed by atoms with Gasteiger partial charge in [0.05, 0.1) is 18.2 Å². The van der Waals surface area contributed by atoms with Crippen molar-refractivity contribution in [1.29, 1.82) is 0 Å². The third-order valence-electron chi connectivity index (χ3n) is 3.77. The molecule has 0 saturated heterocycles. The molecule has 134 valence electrons. The number of nitrogens with two attached hydrogens (primary N) is 1. The van der Waals surface area contributed by atoms with Gasteiger partial charge in [0.15, 0.2) is 11.4 Å². The van der Waals surface area contributed by atoms with Gasteiger partial charge in [-0.15, -0.1) is 5.10 Å². The molecule has 26 heavy (non-hydrogen) atoms. The Kier molecular flexibility index (Phi) is 4.18. The van der Waals surface area contributed by atoms with Crippen molar-refractivity contribution in [2.24, 2.45) is 5.73 Å². The predicted molar refractivity (Wildman–Crippen MR) is 96.3 cm³/mol. The monoisotopic (exact) mass is 353 g/mol. The van der Waals surface area contributed by atoms with Crippen molar-refractivity contribution in [3.05, 3.63) is 36.7 Å². The summed E-state index contributed by atoms with van der Waals surface area (Å²) in [6.07, 6.45) is 3.37. The minimum absolute atomic E-state index is 0.0744. The molecule has 0 aliphatic heterocycles. The number of rotatable bonds is 6. The lowest BCUT2D eigenvalue weighted by molar-refractivity contribution is 0.281. The molecule has 0 aliphatic rings. The second-order valence-corrected chi connectivity index (χ2v) is 5.94. The summed E-state index contributed by atoms with van der Waals surface area (Å²) in [6, 6.07) is 7.21. The average Bonchev–Trinajstić information content (AvgIpc) is 3.24. The minimum Gasteiger partial charge on any atom is -0.477 e. The van der Waals surface area contributed by atoms with Crippen molar-refractivity contribution < 1.29 is 13.9 Å². The van der Waals surface area contributed by atoms with Gasteiger partial charge in [0.25, 0.3) is 0 Å². The molecule has 0 radical (unpaired) electrons. The van der Waals surface area contributed by atoms with Gasteiger partial charge in [-0.1, -0.05) is 0 Å². The van der Waals surface area contributed by atoms with Crippen LogP contribution in [0.5, 0.6) is 11.8 Å². The first-order valence-corrected chi connectivity index (χ1v) is 8.40. The zero-order valence-corrected chi connectivity index (χ0v) is 14.5. The molecule has 0 saturated carbocycles. The Labute approximate surface area is 149 Å². The van der Waals surface area contributed by atoms with Gasteiger partial charge in [-0.25, -0.2) is 14.5 Å². The van der Waals surface area contributed by atoms with Crippen molar-refractivity contribution >= 4 is 16.6 Å². The highest BCUT2D eigenvalue weighted by Gasteiger charge is 2.16. The smallest absolute Gasteiger partial charge is 0.231 e. The number of imidazole rings is 1. The maximum atomic E-state index is 5.96. The molecule has 0 amide bonds. The molecule has 0 unspecified atom stereocenters. The molecule has 4 heterocycles. The van der Waals surface area contributed by atoms with Gasteiger partial charge >= 0.3 is 0 Å². The summed E-state index contributed by atoms with van der Waals surface area (Å²) in [5.74, 6) is 1.64. The maximum absolute atomic E-state index is 5.96. The van der Waals surface area contributed by atoms with E-state index in [4.69, 9.17) is 19.6 Å². The lowest BCUT2D eigenvalue weighted by Gasteiger charge is -2.08. The van der Waals surface area contributed by atoms with E-state index in [1.807, 2.05) is 26.0 Å². The summed E-state index contributed by atoms with van der Waals surface area (Å²) in [6.45, 7) is 4.71. The van der Waals surface area contributed by atoms with Crippen molar-refractivity contribution in [3.8, 4) is 23.2 Å². The third-order valence-corrected chi connectivity index (χ3v) is 3.77. The minimum atomic E-state index is -0.0744. The number of pyridine rings is 1. The fourth-order valence-electron chi connectivity index (χ4n) is 2.63. The van der Waals surface area contributed by atoms with E-state index in [1.165, 1.54) is 0 Å². The van der Waals surface area contributed by atoms with E-state index in [1.54, 1.807) is 29.0 Å². The summed E-state index contributed by atoms with van der Waals surface area (Å²) in [5.41, 5.74) is 7.83. The molecule has 2 N–H and O–H groups in total. The Hall–Kier alpha value is -3.13. The lowest BCUT2D eigenvalue weighted by atomic mass is 10.3. The van der Waals surface area contributed by atoms with Crippen LogP contribution in [0.4, 0.5) is 0 Å². The Morgan fingerprint density at radius 1 is 1.23 bits per heavy atom. The number of fused-ring (bicyclic) bond motifs is 2. The van der Waals surface area contributed by atoms with Crippen molar-refractivity contribution in [2.45, 2.75) is 19.9 Å². The van der Waals surface area contributed by atoms with Crippen LogP contribution in [0.3, 0.4) is 0 Å². The molecule has 4 aromatic heterocycles. The van der Waals surface area contributed by atoms with Crippen LogP contribution in [0, 0.1) is 0 Å². The molecule has 0 fully saturated rings. The fourth-order valence-corrected chi connectivity index (χ4v) is 2.63. The predicted octanol–water partition coefficient (Wildman–Crippen LogP) is 2.66. The number of ether oxygens (including phenoxy) is 2. The van der Waals surface area contributed by atoms with Crippen molar-refractivity contribution in [1.82, 2.24) is 19.6 Å². The number of hydrogen-bond acceptors (Lipinski definition) is 7. The van der Waals surface area contributed by atoms with Crippen LogP contribution in [-0.2, 0) is 0 Å². The molecule has 0 aromatic carbocycles. The summed E-state index contributed by atoms with van der Waals surface area (Å²) in [7, 11) is 0. The van der Waals surface area contributed by atoms with E-state index in [-0.39, 0.29) is 6.04 Å². The zero-order valence-electron chi connectivity index (χ0n) is 14.5. The average molecular weight is 353 g/mol. The van der Waals surface area contributed by atoms with Crippen molar-refractivity contribution in [2.75, 3.05) is 13.2 Å². The molecular formula is C18H19N5O3. The fraction of sp³-hybridized carbons (Fsp3) is 0.278. The van der Waals surface area contributed by atoms with Gasteiger partial charge in [0, 0.05) is 24.4 Å². The van der Waals surface area contributed by atoms with E-state index in [9.17, 15) is 0 Å². The molecule has 0 bridgehead atoms. The molecule has 0 spiro atoms. The standard InChI is InChI=1S/C18H19N5O3/c1-3-24-18-12-8-15(26-14(12)6-7-20-18)13-9-21-16-4-5-17(22-23(13)16)25-10-11(2)19/h4-9,11H,3,10,19H2,1-2H3/t11-/m1/s1. The van der Waals surface area contributed by atoms with Crippen LogP contribution in [0.15, 0.2) is 41.1 Å². The highest BCUT2D eigenvalue weighted by molar-refractivity contribution is 5.86. The first kappa shape index (κ1) is 16.3. The molecular weight excluding hydrogens is 334 g/mol. The first-order chi connectivity index (χ1) is 12.7. The summed E-state index contributed by atoms with van der Waals surface area (Å²) < 4.78 is 18.8. The normalized spacial score (nSPS) is 12.6. The largest absolute Gasteiger partial charge is 0.477 e. The Bertz CT molecular complexity index is 1050.